The van der Waals surface area contributed by atoms with E-state index < -0.39 is 0 Å². The summed E-state index contributed by atoms with van der Waals surface area (Å²) in [4.78, 5) is 0. The van der Waals surface area contributed by atoms with Gasteiger partial charge in [0.2, 0.25) is 0 Å². The number of hydrogen-bond acceptors (Lipinski definition) is 2. The van der Waals surface area contributed by atoms with Crippen molar-refractivity contribution in [3.8, 4) is 0 Å². The zero-order valence-electron chi connectivity index (χ0n) is 8.71. The van der Waals surface area contributed by atoms with Crippen LogP contribution >= 0.6 is 11.8 Å². The number of benzene rings is 1. The fraction of sp³-hybridized carbons (Fsp3) is 0.500. The normalized spacial score (nSPS) is 21.5. The van der Waals surface area contributed by atoms with Crippen LogP contribution in [-0.4, -0.2) is 18.3 Å². The standard InChI is InChI=1S/C12H16FNS/c13-12-6-2-1-4-10(12)9-15-11-5-3-7-14-8-11/h1-2,4,6,11,14H,3,5,7-9H2. The van der Waals surface area contributed by atoms with Gasteiger partial charge in [0.05, 0.1) is 0 Å². The van der Waals surface area contributed by atoms with Crippen LogP contribution in [0, 0.1) is 5.82 Å². The molecule has 1 saturated heterocycles. The maximum absolute atomic E-state index is 13.3. The third-order valence-electron chi connectivity index (χ3n) is 2.68. The van der Waals surface area contributed by atoms with E-state index >= 15 is 0 Å². The Kier molecular flexibility index (Phi) is 4.03. The molecule has 0 saturated carbocycles. The zero-order valence-corrected chi connectivity index (χ0v) is 9.52. The molecule has 0 amide bonds. The largest absolute Gasteiger partial charge is 0.316 e. The number of rotatable bonds is 3. The smallest absolute Gasteiger partial charge is 0.127 e. The van der Waals surface area contributed by atoms with Crippen molar-refractivity contribution in [2.75, 3.05) is 13.1 Å². The van der Waals surface area contributed by atoms with Gasteiger partial charge in [-0.1, -0.05) is 18.2 Å². The molecule has 15 heavy (non-hydrogen) atoms. The van der Waals surface area contributed by atoms with Crippen LogP contribution in [0.25, 0.3) is 0 Å². The van der Waals surface area contributed by atoms with Gasteiger partial charge in [-0.2, -0.15) is 11.8 Å². The van der Waals surface area contributed by atoms with E-state index in [9.17, 15) is 4.39 Å². The predicted octanol–water partition coefficient (Wildman–Crippen LogP) is 2.81. The molecule has 1 aliphatic rings. The van der Waals surface area contributed by atoms with Crippen molar-refractivity contribution in [1.29, 1.82) is 0 Å². The summed E-state index contributed by atoms with van der Waals surface area (Å²) in [6.45, 7) is 2.20. The average molecular weight is 225 g/mol. The lowest BCUT2D eigenvalue weighted by atomic mass is 10.2. The minimum atomic E-state index is -0.0752. The first kappa shape index (κ1) is 11.0. The second kappa shape index (κ2) is 5.52. The first-order valence-corrected chi connectivity index (χ1v) is 6.47. The minimum absolute atomic E-state index is 0.0752. The van der Waals surface area contributed by atoms with Gasteiger partial charge in [-0.05, 0) is 31.0 Å². The average Bonchev–Trinajstić information content (AvgIpc) is 2.29. The molecule has 1 N–H and O–H groups in total. The Morgan fingerprint density at radius 3 is 3.00 bits per heavy atom. The molecule has 1 aromatic rings. The van der Waals surface area contributed by atoms with E-state index in [1.165, 1.54) is 18.9 Å². The molecule has 0 bridgehead atoms. The van der Waals surface area contributed by atoms with E-state index in [0.717, 1.165) is 24.4 Å². The number of hydrogen-bond donors (Lipinski definition) is 1. The number of thioether (sulfide) groups is 1. The molecular formula is C12H16FNS. The molecule has 1 aliphatic heterocycles. The van der Waals surface area contributed by atoms with Crippen molar-refractivity contribution in [2.45, 2.75) is 23.8 Å². The molecule has 2 rings (SSSR count). The second-order valence-corrected chi connectivity index (χ2v) is 5.16. The molecule has 0 aromatic heterocycles. The summed E-state index contributed by atoms with van der Waals surface area (Å²) in [6, 6.07) is 7.05. The van der Waals surface area contributed by atoms with Gasteiger partial charge in [0, 0.05) is 17.5 Å². The lowest BCUT2D eigenvalue weighted by molar-refractivity contribution is 0.531. The van der Waals surface area contributed by atoms with E-state index in [1.807, 2.05) is 23.9 Å². The molecule has 3 heteroatoms. The third kappa shape index (κ3) is 3.21. The molecule has 1 unspecified atom stereocenters. The summed E-state index contributed by atoms with van der Waals surface area (Å²) in [5, 5.41) is 4.02. The number of halogens is 1. The Labute approximate surface area is 94.5 Å². The van der Waals surface area contributed by atoms with E-state index in [0.29, 0.717) is 5.25 Å². The van der Waals surface area contributed by atoms with Crippen LogP contribution in [0.1, 0.15) is 18.4 Å². The Bertz CT molecular complexity index is 310. The third-order valence-corrected chi connectivity index (χ3v) is 4.04. The molecule has 1 heterocycles. The van der Waals surface area contributed by atoms with Crippen molar-refractivity contribution < 1.29 is 4.39 Å². The van der Waals surface area contributed by atoms with Crippen LogP contribution in [0.15, 0.2) is 24.3 Å². The fourth-order valence-corrected chi connectivity index (χ4v) is 3.00. The van der Waals surface area contributed by atoms with E-state index in [4.69, 9.17) is 0 Å². The molecule has 1 aromatic carbocycles. The highest BCUT2D eigenvalue weighted by Gasteiger charge is 2.13. The van der Waals surface area contributed by atoms with E-state index in [1.54, 1.807) is 6.07 Å². The van der Waals surface area contributed by atoms with E-state index in [2.05, 4.69) is 5.32 Å². The van der Waals surface area contributed by atoms with Crippen LogP contribution in [0.2, 0.25) is 0 Å². The van der Waals surface area contributed by atoms with Gasteiger partial charge in [0.15, 0.2) is 0 Å². The predicted molar refractivity (Wildman–Crippen MR) is 63.6 cm³/mol. The van der Waals surface area contributed by atoms with Crippen LogP contribution in [0.3, 0.4) is 0 Å². The lowest BCUT2D eigenvalue weighted by Gasteiger charge is -2.22. The molecule has 82 valence electrons. The summed E-state index contributed by atoms with van der Waals surface area (Å²) in [5.74, 6) is 0.715. The summed E-state index contributed by atoms with van der Waals surface area (Å²) >= 11 is 1.86. The Hall–Kier alpha value is -0.540. The van der Waals surface area contributed by atoms with Crippen molar-refractivity contribution in [3.05, 3.63) is 35.6 Å². The summed E-state index contributed by atoms with van der Waals surface area (Å²) < 4.78 is 13.3. The molecule has 1 fully saturated rings. The molecule has 0 radical (unpaired) electrons. The molecule has 1 atom stereocenters. The highest BCUT2D eigenvalue weighted by Crippen LogP contribution is 2.23. The Morgan fingerprint density at radius 1 is 1.40 bits per heavy atom. The van der Waals surface area contributed by atoms with Crippen molar-refractivity contribution >= 4 is 11.8 Å². The highest BCUT2D eigenvalue weighted by molar-refractivity contribution is 7.99. The van der Waals surface area contributed by atoms with Crippen LogP contribution in [0.5, 0.6) is 0 Å². The van der Waals surface area contributed by atoms with Gasteiger partial charge in [-0.25, -0.2) is 4.39 Å². The van der Waals surface area contributed by atoms with Gasteiger partial charge in [-0.3, -0.25) is 0 Å². The van der Waals surface area contributed by atoms with Gasteiger partial charge in [0.25, 0.3) is 0 Å². The quantitative estimate of drug-likeness (QED) is 0.849. The number of nitrogens with one attached hydrogen (secondary N) is 1. The summed E-state index contributed by atoms with van der Waals surface area (Å²) in [6.07, 6.45) is 2.50. The molecule has 0 spiro atoms. The molecular weight excluding hydrogens is 209 g/mol. The van der Waals surface area contributed by atoms with E-state index in [-0.39, 0.29) is 5.82 Å². The minimum Gasteiger partial charge on any atom is -0.316 e. The van der Waals surface area contributed by atoms with Gasteiger partial charge in [-0.15, -0.1) is 0 Å². The second-order valence-electron chi connectivity index (χ2n) is 3.87. The summed E-state index contributed by atoms with van der Waals surface area (Å²) in [7, 11) is 0. The fourth-order valence-electron chi connectivity index (χ4n) is 1.79. The molecule has 1 nitrogen and oxygen atoms in total. The monoisotopic (exact) mass is 225 g/mol. The summed E-state index contributed by atoms with van der Waals surface area (Å²) in [5.41, 5.74) is 0.827. The first-order valence-electron chi connectivity index (χ1n) is 5.42. The maximum Gasteiger partial charge on any atom is 0.127 e. The first-order chi connectivity index (χ1) is 7.36. The van der Waals surface area contributed by atoms with Crippen molar-refractivity contribution in [3.63, 3.8) is 0 Å². The van der Waals surface area contributed by atoms with Gasteiger partial charge in [0.1, 0.15) is 5.82 Å². The Balaban J connectivity index is 1.84. The topological polar surface area (TPSA) is 12.0 Å². The van der Waals surface area contributed by atoms with Crippen LogP contribution in [-0.2, 0) is 5.75 Å². The van der Waals surface area contributed by atoms with Gasteiger partial charge >= 0.3 is 0 Å². The SMILES string of the molecule is Fc1ccccc1CSC1CCCNC1. The van der Waals surface area contributed by atoms with Crippen molar-refractivity contribution in [2.24, 2.45) is 0 Å². The van der Waals surface area contributed by atoms with Crippen LogP contribution < -0.4 is 5.32 Å². The molecule has 0 aliphatic carbocycles. The van der Waals surface area contributed by atoms with Crippen LogP contribution in [0.4, 0.5) is 4.39 Å². The number of piperidine rings is 1. The highest BCUT2D eigenvalue weighted by atomic mass is 32.2. The maximum atomic E-state index is 13.3. The lowest BCUT2D eigenvalue weighted by Crippen LogP contribution is -2.31. The zero-order chi connectivity index (χ0) is 10.5. The Morgan fingerprint density at radius 2 is 2.27 bits per heavy atom. The van der Waals surface area contributed by atoms with Gasteiger partial charge < -0.3 is 5.32 Å². The van der Waals surface area contributed by atoms with Crippen molar-refractivity contribution in [1.82, 2.24) is 5.32 Å².